The molecule has 7 heteroatoms. The Balaban J connectivity index is 2.29. The van der Waals surface area contributed by atoms with Crippen LogP contribution >= 0.6 is 0 Å². The number of amides is 3. The van der Waals surface area contributed by atoms with Gasteiger partial charge in [0.15, 0.2) is 0 Å². The normalized spacial score (nSPS) is 16.3. The minimum atomic E-state index is -1.15. The third-order valence-electron chi connectivity index (χ3n) is 2.95. The molecule has 0 aliphatic heterocycles. The van der Waals surface area contributed by atoms with E-state index in [1.54, 1.807) is 0 Å². The second-order valence-electron chi connectivity index (χ2n) is 4.40. The van der Waals surface area contributed by atoms with Gasteiger partial charge in [0.2, 0.25) is 5.91 Å². The average molecular weight is 257 g/mol. The Labute approximate surface area is 105 Å². The van der Waals surface area contributed by atoms with E-state index in [0.717, 1.165) is 12.8 Å². The minimum absolute atomic E-state index is 0.151. The van der Waals surface area contributed by atoms with Crippen molar-refractivity contribution in [3.8, 4) is 0 Å². The van der Waals surface area contributed by atoms with E-state index >= 15 is 0 Å². The first kappa shape index (κ1) is 14.3. The van der Waals surface area contributed by atoms with Gasteiger partial charge in [-0.1, -0.05) is 6.92 Å². The van der Waals surface area contributed by atoms with Crippen molar-refractivity contribution in [2.45, 2.75) is 38.1 Å². The lowest BCUT2D eigenvalue weighted by molar-refractivity contribution is -0.148. The van der Waals surface area contributed by atoms with Gasteiger partial charge in [-0.05, 0) is 25.7 Å². The highest BCUT2D eigenvalue weighted by atomic mass is 16.4. The molecule has 0 radical (unpaired) electrons. The lowest BCUT2D eigenvalue weighted by atomic mass is 9.77. The number of aliphatic carboxylic acids is 1. The predicted octanol–water partition coefficient (Wildman–Crippen LogP) is -0.181. The van der Waals surface area contributed by atoms with Crippen molar-refractivity contribution < 1.29 is 19.5 Å². The molecule has 18 heavy (non-hydrogen) atoms. The molecule has 1 fully saturated rings. The van der Waals surface area contributed by atoms with Gasteiger partial charge in [-0.2, -0.15) is 0 Å². The third-order valence-corrected chi connectivity index (χ3v) is 2.95. The molecular formula is C11H19N3O4. The van der Waals surface area contributed by atoms with Gasteiger partial charge in [0, 0.05) is 6.54 Å². The molecule has 7 nitrogen and oxygen atoms in total. The molecule has 0 unspecified atom stereocenters. The third kappa shape index (κ3) is 3.61. The number of urea groups is 1. The first-order valence-corrected chi connectivity index (χ1v) is 6.06. The largest absolute Gasteiger partial charge is 0.480 e. The predicted molar refractivity (Wildman–Crippen MR) is 64.1 cm³/mol. The van der Waals surface area contributed by atoms with Crippen molar-refractivity contribution in [3.63, 3.8) is 0 Å². The van der Waals surface area contributed by atoms with Crippen molar-refractivity contribution in [3.05, 3.63) is 0 Å². The summed E-state index contributed by atoms with van der Waals surface area (Å²) in [6.45, 7) is 2.33. The van der Waals surface area contributed by atoms with E-state index in [0.29, 0.717) is 19.4 Å². The Morgan fingerprint density at radius 3 is 2.33 bits per heavy atom. The number of carbonyl (C=O) groups excluding carboxylic acids is 2. The van der Waals surface area contributed by atoms with Gasteiger partial charge in [0.25, 0.3) is 0 Å². The number of rotatable bonds is 6. The summed E-state index contributed by atoms with van der Waals surface area (Å²) in [6, 6.07) is -0.622. The highest BCUT2D eigenvalue weighted by molar-refractivity contribution is 5.89. The van der Waals surface area contributed by atoms with E-state index < -0.39 is 17.5 Å². The summed E-state index contributed by atoms with van der Waals surface area (Å²) in [4.78, 5) is 33.7. The zero-order valence-electron chi connectivity index (χ0n) is 10.4. The Bertz CT molecular complexity index is 339. The summed E-state index contributed by atoms with van der Waals surface area (Å²) >= 11 is 0. The van der Waals surface area contributed by atoms with Crippen LogP contribution in [-0.4, -0.2) is 41.6 Å². The van der Waals surface area contributed by atoms with E-state index in [1.165, 1.54) is 0 Å². The molecular weight excluding hydrogens is 238 g/mol. The van der Waals surface area contributed by atoms with E-state index in [-0.39, 0.29) is 12.5 Å². The SMILES string of the molecule is CCCNC(=O)CNC(=O)NC1(C(=O)O)CCC1. The molecule has 1 saturated carbocycles. The highest BCUT2D eigenvalue weighted by Gasteiger charge is 2.45. The maximum atomic E-state index is 11.5. The molecule has 1 aliphatic carbocycles. The lowest BCUT2D eigenvalue weighted by Gasteiger charge is -2.38. The Hall–Kier alpha value is -1.79. The number of carbonyl (C=O) groups is 3. The van der Waals surface area contributed by atoms with Crippen molar-refractivity contribution in [1.29, 1.82) is 0 Å². The van der Waals surface area contributed by atoms with Gasteiger partial charge in [-0.25, -0.2) is 9.59 Å². The van der Waals surface area contributed by atoms with Crippen molar-refractivity contribution >= 4 is 17.9 Å². The standard InChI is InChI=1S/C11H19N3O4/c1-2-6-12-8(15)7-13-10(18)14-11(9(16)17)4-3-5-11/h2-7H2,1H3,(H,12,15)(H,16,17)(H2,13,14,18). The molecule has 0 aromatic heterocycles. The average Bonchev–Trinajstić information content (AvgIpc) is 2.28. The van der Waals surface area contributed by atoms with Crippen LogP contribution in [0, 0.1) is 0 Å². The van der Waals surface area contributed by atoms with Crippen LogP contribution in [0.2, 0.25) is 0 Å². The summed E-state index contributed by atoms with van der Waals surface area (Å²) in [5.74, 6) is -1.32. The van der Waals surface area contributed by atoms with Gasteiger partial charge in [0.1, 0.15) is 5.54 Å². The molecule has 1 rings (SSSR count). The van der Waals surface area contributed by atoms with Crippen LogP contribution in [0.4, 0.5) is 4.79 Å². The fourth-order valence-electron chi connectivity index (χ4n) is 1.67. The molecule has 0 bridgehead atoms. The maximum absolute atomic E-state index is 11.5. The molecule has 4 N–H and O–H groups in total. The summed E-state index contributed by atoms with van der Waals surface area (Å²) in [5.41, 5.74) is -1.15. The van der Waals surface area contributed by atoms with E-state index in [9.17, 15) is 14.4 Å². The first-order chi connectivity index (χ1) is 8.50. The van der Waals surface area contributed by atoms with Crippen LogP contribution in [-0.2, 0) is 9.59 Å². The fourth-order valence-corrected chi connectivity index (χ4v) is 1.67. The first-order valence-electron chi connectivity index (χ1n) is 6.06. The molecule has 0 spiro atoms. The molecule has 0 saturated heterocycles. The zero-order valence-corrected chi connectivity index (χ0v) is 10.4. The fraction of sp³-hybridized carbons (Fsp3) is 0.727. The number of hydrogen-bond acceptors (Lipinski definition) is 3. The second-order valence-corrected chi connectivity index (χ2v) is 4.40. The van der Waals surface area contributed by atoms with E-state index in [1.807, 2.05) is 6.92 Å². The smallest absolute Gasteiger partial charge is 0.329 e. The maximum Gasteiger partial charge on any atom is 0.329 e. The summed E-state index contributed by atoms with van der Waals surface area (Å²) in [6.07, 6.45) is 2.46. The van der Waals surface area contributed by atoms with Crippen LogP contribution in [0.15, 0.2) is 0 Å². The Morgan fingerprint density at radius 2 is 1.89 bits per heavy atom. The van der Waals surface area contributed by atoms with Crippen LogP contribution in [0.3, 0.4) is 0 Å². The van der Waals surface area contributed by atoms with Gasteiger partial charge < -0.3 is 21.1 Å². The summed E-state index contributed by atoms with van der Waals surface area (Å²) < 4.78 is 0. The molecule has 0 heterocycles. The molecule has 3 amide bonds. The van der Waals surface area contributed by atoms with Crippen LogP contribution < -0.4 is 16.0 Å². The minimum Gasteiger partial charge on any atom is -0.480 e. The van der Waals surface area contributed by atoms with Gasteiger partial charge in [-0.15, -0.1) is 0 Å². The van der Waals surface area contributed by atoms with Gasteiger partial charge in [-0.3, -0.25) is 4.79 Å². The number of carboxylic acids is 1. The summed E-state index contributed by atoms with van der Waals surface area (Å²) in [7, 11) is 0. The lowest BCUT2D eigenvalue weighted by Crippen LogP contribution is -2.61. The monoisotopic (exact) mass is 257 g/mol. The van der Waals surface area contributed by atoms with Crippen LogP contribution in [0.25, 0.3) is 0 Å². The van der Waals surface area contributed by atoms with Gasteiger partial charge >= 0.3 is 12.0 Å². The summed E-state index contributed by atoms with van der Waals surface area (Å²) in [5, 5.41) is 16.4. The molecule has 0 aromatic rings. The molecule has 102 valence electrons. The zero-order chi connectivity index (χ0) is 13.6. The van der Waals surface area contributed by atoms with Crippen molar-refractivity contribution in [1.82, 2.24) is 16.0 Å². The number of hydrogen-bond donors (Lipinski definition) is 4. The van der Waals surface area contributed by atoms with Crippen molar-refractivity contribution in [2.24, 2.45) is 0 Å². The van der Waals surface area contributed by atoms with E-state index in [4.69, 9.17) is 5.11 Å². The van der Waals surface area contributed by atoms with Crippen LogP contribution in [0.5, 0.6) is 0 Å². The van der Waals surface area contributed by atoms with Crippen molar-refractivity contribution in [2.75, 3.05) is 13.1 Å². The Morgan fingerprint density at radius 1 is 1.22 bits per heavy atom. The number of carboxylic acid groups (broad SMARTS) is 1. The Kier molecular flexibility index (Phi) is 4.94. The van der Waals surface area contributed by atoms with E-state index in [2.05, 4.69) is 16.0 Å². The number of nitrogens with one attached hydrogen (secondary N) is 3. The molecule has 1 aliphatic rings. The molecule has 0 atom stereocenters. The van der Waals surface area contributed by atoms with Gasteiger partial charge in [0.05, 0.1) is 6.54 Å². The highest BCUT2D eigenvalue weighted by Crippen LogP contribution is 2.31. The topological polar surface area (TPSA) is 108 Å². The second kappa shape index (κ2) is 6.23. The molecule has 0 aromatic carbocycles. The van der Waals surface area contributed by atoms with Crippen LogP contribution in [0.1, 0.15) is 32.6 Å². The quantitative estimate of drug-likeness (QED) is 0.529.